The molecule has 3 nitrogen and oxygen atoms in total. The van der Waals surface area contributed by atoms with Crippen LogP contribution in [-0.4, -0.2) is 17.4 Å². The molecule has 1 heterocycles. The first-order valence-electron chi connectivity index (χ1n) is 6.98. The number of nitrogens with one attached hydrogen (secondary N) is 2. The van der Waals surface area contributed by atoms with E-state index in [1.165, 1.54) is 5.56 Å². The van der Waals surface area contributed by atoms with Crippen molar-refractivity contribution in [3.05, 3.63) is 35.0 Å². The Bertz CT molecular complexity index is 616. The van der Waals surface area contributed by atoms with Crippen LogP contribution in [0, 0.1) is 5.41 Å². The number of H-pyrrole nitrogens is 1. The first-order chi connectivity index (χ1) is 9.44. The van der Waals surface area contributed by atoms with E-state index in [0.29, 0.717) is 6.54 Å². The fraction of sp³-hybridized carbons (Fsp3) is 0.438. The molecular weight excluding hydrogens is 272 g/mol. The summed E-state index contributed by atoms with van der Waals surface area (Å²) in [6.07, 6.45) is 3.62. The molecule has 0 aliphatic rings. The third-order valence-electron chi connectivity index (χ3n) is 3.91. The van der Waals surface area contributed by atoms with Gasteiger partial charge in [0.25, 0.3) is 0 Å². The Morgan fingerprint density at radius 2 is 2.15 bits per heavy atom. The topological polar surface area (TPSA) is 44.9 Å². The lowest BCUT2D eigenvalue weighted by atomic mass is 9.89. The summed E-state index contributed by atoms with van der Waals surface area (Å²) in [5.74, 6) is 0.109. The van der Waals surface area contributed by atoms with Crippen LogP contribution in [0.15, 0.2) is 24.4 Å². The number of hydrogen-bond donors (Lipinski definition) is 2. The molecule has 4 heteroatoms. The van der Waals surface area contributed by atoms with Crippen molar-refractivity contribution in [2.24, 2.45) is 5.41 Å². The highest BCUT2D eigenvalue weighted by Gasteiger charge is 2.24. The average molecular weight is 293 g/mol. The summed E-state index contributed by atoms with van der Waals surface area (Å²) in [6.45, 7) is 6.60. The number of hydrogen-bond acceptors (Lipinski definition) is 1. The van der Waals surface area contributed by atoms with Crippen LogP contribution in [0.1, 0.15) is 32.8 Å². The highest BCUT2D eigenvalue weighted by molar-refractivity contribution is 6.31. The summed E-state index contributed by atoms with van der Waals surface area (Å²) in [6, 6.07) is 5.80. The molecule has 0 aliphatic heterocycles. The maximum Gasteiger partial charge on any atom is 0.225 e. The van der Waals surface area contributed by atoms with Gasteiger partial charge in [-0.15, -0.1) is 0 Å². The molecule has 1 aromatic heterocycles. The standard InChI is InChI=1S/C16H21ClN2O/c1-4-16(2,3)15(20)18-8-7-11-10-19-14-6-5-12(17)9-13(11)14/h5-6,9-10,19H,4,7-8H2,1-3H3,(H,18,20). The van der Waals surface area contributed by atoms with E-state index in [1.807, 2.05) is 45.2 Å². The Labute approximate surface area is 124 Å². The third kappa shape index (κ3) is 3.15. The number of carbonyl (C=O) groups excluding carboxylic acids is 1. The Kier molecular flexibility index (Phi) is 4.39. The van der Waals surface area contributed by atoms with Gasteiger partial charge in [0.05, 0.1) is 0 Å². The second kappa shape index (κ2) is 5.88. The molecule has 2 rings (SSSR count). The van der Waals surface area contributed by atoms with Crippen LogP contribution in [0.4, 0.5) is 0 Å². The molecule has 2 aromatic rings. The van der Waals surface area contributed by atoms with Crippen LogP contribution in [-0.2, 0) is 11.2 Å². The van der Waals surface area contributed by atoms with Crippen molar-refractivity contribution < 1.29 is 4.79 Å². The highest BCUT2D eigenvalue weighted by atomic mass is 35.5. The van der Waals surface area contributed by atoms with Crippen molar-refractivity contribution in [2.45, 2.75) is 33.6 Å². The summed E-state index contributed by atoms with van der Waals surface area (Å²) in [4.78, 5) is 15.2. The number of amides is 1. The van der Waals surface area contributed by atoms with Gasteiger partial charge in [0.15, 0.2) is 0 Å². The molecule has 1 amide bonds. The van der Waals surface area contributed by atoms with Gasteiger partial charge in [0.1, 0.15) is 0 Å². The molecule has 0 atom stereocenters. The Balaban J connectivity index is 2.00. The third-order valence-corrected chi connectivity index (χ3v) is 4.14. The zero-order valence-corrected chi connectivity index (χ0v) is 13.0. The molecule has 0 radical (unpaired) electrons. The van der Waals surface area contributed by atoms with E-state index in [1.54, 1.807) is 0 Å². The molecule has 108 valence electrons. The van der Waals surface area contributed by atoms with Gasteiger partial charge in [-0.2, -0.15) is 0 Å². The molecule has 1 aromatic carbocycles. The molecule has 0 bridgehead atoms. The maximum absolute atomic E-state index is 12.0. The van der Waals surface area contributed by atoms with Crippen molar-refractivity contribution in [1.82, 2.24) is 10.3 Å². The Morgan fingerprint density at radius 3 is 2.85 bits per heavy atom. The van der Waals surface area contributed by atoms with Crippen LogP contribution in [0.25, 0.3) is 10.9 Å². The molecule has 0 saturated carbocycles. The Morgan fingerprint density at radius 1 is 1.40 bits per heavy atom. The van der Waals surface area contributed by atoms with Crippen molar-refractivity contribution in [3.8, 4) is 0 Å². The van der Waals surface area contributed by atoms with Crippen LogP contribution >= 0.6 is 11.6 Å². The van der Waals surface area contributed by atoms with Gasteiger partial charge in [-0.1, -0.05) is 32.4 Å². The lowest BCUT2D eigenvalue weighted by Gasteiger charge is -2.21. The van der Waals surface area contributed by atoms with Gasteiger partial charge in [-0.25, -0.2) is 0 Å². The van der Waals surface area contributed by atoms with E-state index in [2.05, 4.69) is 10.3 Å². The normalized spacial score (nSPS) is 11.8. The second-order valence-corrected chi connectivity index (χ2v) is 6.18. The van der Waals surface area contributed by atoms with Crippen molar-refractivity contribution in [3.63, 3.8) is 0 Å². The number of benzene rings is 1. The minimum Gasteiger partial charge on any atom is -0.361 e. The maximum atomic E-state index is 12.0. The monoisotopic (exact) mass is 292 g/mol. The van der Waals surface area contributed by atoms with E-state index in [9.17, 15) is 4.79 Å². The predicted molar refractivity (Wildman–Crippen MR) is 84.1 cm³/mol. The average Bonchev–Trinajstić information content (AvgIpc) is 2.81. The van der Waals surface area contributed by atoms with Crippen LogP contribution in [0.2, 0.25) is 5.02 Å². The van der Waals surface area contributed by atoms with Crippen molar-refractivity contribution in [2.75, 3.05) is 6.54 Å². The number of aromatic nitrogens is 1. The first kappa shape index (κ1) is 14.9. The molecule has 0 spiro atoms. The van der Waals surface area contributed by atoms with Crippen molar-refractivity contribution in [1.29, 1.82) is 0 Å². The second-order valence-electron chi connectivity index (χ2n) is 5.75. The minimum atomic E-state index is -0.302. The van der Waals surface area contributed by atoms with E-state index >= 15 is 0 Å². The fourth-order valence-corrected chi connectivity index (χ4v) is 2.24. The van der Waals surface area contributed by atoms with E-state index in [-0.39, 0.29) is 11.3 Å². The summed E-state index contributed by atoms with van der Waals surface area (Å²) in [5.41, 5.74) is 1.95. The zero-order valence-electron chi connectivity index (χ0n) is 12.2. The summed E-state index contributed by atoms with van der Waals surface area (Å²) < 4.78 is 0. The van der Waals surface area contributed by atoms with Gasteiger partial charge < -0.3 is 10.3 Å². The number of carbonyl (C=O) groups is 1. The van der Waals surface area contributed by atoms with Crippen molar-refractivity contribution >= 4 is 28.4 Å². The van der Waals surface area contributed by atoms with Gasteiger partial charge in [0.2, 0.25) is 5.91 Å². The van der Waals surface area contributed by atoms with Gasteiger partial charge in [-0.05, 0) is 36.6 Å². The largest absolute Gasteiger partial charge is 0.361 e. The molecule has 20 heavy (non-hydrogen) atoms. The number of rotatable bonds is 5. The molecule has 0 unspecified atom stereocenters. The first-order valence-corrected chi connectivity index (χ1v) is 7.35. The van der Waals surface area contributed by atoms with Crippen LogP contribution in [0.5, 0.6) is 0 Å². The van der Waals surface area contributed by atoms with E-state index < -0.39 is 0 Å². The van der Waals surface area contributed by atoms with Gasteiger partial charge in [-0.3, -0.25) is 4.79 Å². The summed E-state index contributed by atoms with van der Waals surface area (Å²) in [7, 11) is 0. The van der Waals surface area contributed by atoms with E-state index in [4.69, 9.17) is 11.6 Å². The zero-order chi connectivity index (χ0) is 14.8. The highest BCUT2D eigenvalue weighted by Crippen LogP contribution is 2.23. The molecule has 0 fully saturated rings. The smallest absolute Gasteiger partial charge is 0.225 e. The van der Waals surface area contributed by atoms with Crippen LogP contribution in [0.3, 0.4) is 0 Å². The molecule has 0 saturated heterocycles. The van der Waals surface area contributed by atoms with Gasteiger partial charge in [0, 0.05) is 34.1 Å². The molecule has 2 N–H and O–H groups in total. The summed E-state index contributed by atoms with van der Waals surface area (Å²) in [5, 5.41) is 4.86. The Hall–Kier alpha value is -1.48. The lowest BCUT2D eigenvalue weighted by Crippen LogP contribution is -2.37. The van der Waals surface area contributed by atoms with E-state index in [0.717, 1.165) is 28.8 Å². The number of halogens is 1. The number of fused-ring (bicyclic) bond motifs is 1. The SMILES string of the molecule is CCC(C)(C)C(=O)NCCc1c[nH]c2ccc(Cl)cc12. The molecule has 0 aliphatic carbocycles. The fourth-order valence-electron chi connectivity index (χ4n) is 2.07. The van der Waals surface area contributed by atoms with Gasteiger partial charge >= 0.3 is 0 Å². The lowest BCUT2D eigenvalue weighted by molar-refractivity contribution is -0.129. The summed E-state index contributed by atoms with van der Waals surface area (Å²) >= 11 is 6.03. The number of aromatic amines is 1. The minimum absolute atomic E-state index is 0.109. The van der Waals surface area contributed by atoms with Crippen LogP contribution < -0.4 is 5.32 Å². The predicted octanol–water partition coefficient (Wildman–Crippen LogP) is 3.92. The quantitative estimate of drug-likeness (QED) is 0.862. The molecular formula is C16H21ClN2O.